The zero-order valence-corrected chi connectivity index (χ0v) is 14.2. The number of halogens is 2. The fourth-order valence-electron chi connectivity index (χ4n) is 1.91. The molecule has 0 radical (unpaired) electrons. The van der Waals surface area contributed by atoms with Crippen molar-refractivity contribution in [3.63, 3.8) is 0 Å². The SMILES string of the molecule is O=C(c1cccc(OCC2CO2)c1)c1cc(Br)ccc1Br. The topological polar surface area (TPSA) is 38.8 Å². The first-order valence-corrected chi connectivity index (χ1v) is 8.06. The lowest BCUT2D eigenvalue weighted by Crippen LogP contribution is -2.06. The largest absolute Gasteiger partial charge is 0.491 e. The predicted molar refractivity (Wildman–Crippen MR) is 87.0 cm³/mol. The van der Waals surface area contributed by atoms with Crippen molar-refractivity contribution in [3.8, 4) is 5.75 Å². The molecule has 1 fully saturated rings. The van der Waals surface area contributed by atoms with Gasteiger partial charge in [0.2, 0.25) is 0 Å². The van der Waals surface area contributed by atoms with Crippen molar-refractivity contribution >= 4 is 37.6 Å². The van der Waals surface area contributed by atoms with E-state index in [1.54, 1.807) is 18.2 Å². The number of carbonyl (C=O) groups is 1. The summed E-state index contributed by atoms with van der Waals surface area (Å²) in [5.74, 6) is 0.638. The van der Waals surface area contributed by atoms with Gasteiger partial charge in [0.05, 0.1) is 6.61 Å². The van der Waals surface area contributed by atoms with Gasteiger partial charge in [0.25, 0.3) is 0 Å². The van der Waals surface area contributed by atoms with E-state index in [0.717, 1.165) is 15.6 Å². The van der Waals surface area contributed by atoms with Crippen LogP contribution in [0, 0.1) is 0 Å². The molecule has 2 aromatic rings. The maximum absolute atomic E-state index is 12.6. The summed E-state index contributed by atoms with van der Waals surface area (Å²) in [5, 5.41) is 0. The highest BCUT2D eigenvalue weighted by Crippen LogP contribution is 2.25. The minimum Gasteiger partial charge on any atom is -0.491 e. The van der Waals surface area contributed by atoms with Crippen LogP contribution in [0.4, 0.5) is 0 Å². The van der Waals surface area contributed by atoms with Gasteiger partial charge in [-0.3, -0.25) is 4.79 Å². The van der Waals surface area contributed by atoms with Gasteiger partial charge in [-0.2, -0.15) is 0 Å². The van der Waals surface area contributed by atoms with Gasteiger partial charge in [0.1, 0.15) is 18.5 Å². The quantitative estimate of drug-likeness (QED) is 0.546. The number of ketones is 1. The van der Waals surface area contributed by atoms with Crippen molar-refractivity contribution in [3.05, 3.63) is 62.5 Å². The summed E-state index contributed by atoms with van der Waals surface area (Å²) in [6, 6.07) is 12.8. The fourth-order valence-corrected chi connectivity index (χ4v) is 2.70. The van der Waals surface area contributed by atoms with Crippen LogP contribution in [0.5, 0.6) is 5.75 Å². The summed E-state index contributed by atoms with van der Waals surface area (Å²) >= 11 is 6.80. The molecule has 1 heterocycles. The smallest absolute Gasteiger partial charge is 0.194 e. The van der Waals surface area contributed by atoms with Crippen molar-refractivity contribution in [1.29, 1.82) is 0 Å². The highest BCUT2D eigenvalue weighted by Gasteiger charge is 2.23. The van der Waals surface area contributed by atoms with E-state index < -0.39 is 0 Å². The lowest BCUT2D eigenvalue weighted by Gasteiger charge is -2.08. The van der Waals surface area contributed by atoms with Gasteiger partial charge in [-0.15, -0.1) is 0 Å². The van der Waals surface area contributed by atoms with E-state index in [4.69, 9.17) is 9.47 Å². The van der Waals surface area contributed by atoms with Gasteiger partial charge in [-0.25, -0.2) is 0 Å². The first-order chi connectivity index (χ1) is 10.1. The molecule has 5 heteroatoms. The molecular weight excluding hydrogens is 400 g/mol. The van der Waals surface area contributed by atoms with E-state index in [0.29, 0.717) is 23.5 Å². The van der Waals surface area contributed by atoms with Crippen LogP contribution in [0.25, 0.3) is 0 Å². The van der Waals surface area contributed by atoms with Gasteiger partial charge in [-0.1, -0.05) is 44.0 Å². The summed E-state index contributed by atoms with van der Waals surface area (Å²) in [4.78, 5) is 12.6. The molecule has 0 amide bonds. The molecule has 0 bridgehead atoms. The third-order valence-electron chi connectivity index (χ3n) is 3.11. The molecule has 21 heavy (non-hydrogen) atoms. The molecule has 1 aliphatic heterocycles. The van der Waals surface area contributed by atoms with E-state index in [-0.39, 0.29) is 11.9 Å². The van der Waals surface area contributed by atoms with E-state index in [9.17, 15) is 4.79 Å². The molecule has 1 aliphatic rings. The molecule has 108 valence electrons. The first-order valence-electron chi connectivity index (χ1n) is 6.48. The van der Waals surface area contributed by atoms with Crippen LogP contribution in [0.1, 0.15) is 15.9 Å². The third-order valence-corrected chi connectivity index (χ3v) is 4.29. The van der Waals surface area contributed by atoms with Gasteiger partial charge in [0, 0.05) is 20.1 Å². The molecule has 0 saturated carbocycles. The number of hydrogen-bond donors (Lipinski definition) is 0. The third kappa shape index (κ3) is 3.73. The Bertz CT molecular complexity index is 681. The van der Waals surface area contributed by atoms with Crippen LogP contribution < -0.4 is 4.74 Å². The minimum absolute atomic E-state index is 0.0451. The number of epoxide rings is 1. The molecule has 1 saturated heterocycles. The summed E-state index contributed by atoms with van der Waals surface area (Å²) < 4.78 is 12.4. The zero-order chi connectivity index (χ0) is 14.8. The van der Waals surface area contributed by atoms with E-state index in [1.807, 2.05) is 24.3 Å². The molecule has 3 rings (SSSR count). The van der Waals surface area contributed by atoms with Crippen LogP contribution in [0.15, 0.2) is 51.4 Å². The molecule has 3 nitrogen and oxygen atoms in total. The van der Waals surface area contributed by atoms with E-state index in [2.05, 4.69) is 31.9 Å². The average Bonchev–Trinajstić information content (AvgIpc) is 3.31. The number of rotatable bonds is 5. The van der Waals surface area contributed by atoms with E-state index in [1.165, 1.54) is 0 Å². The second-order valence-electron chi connectivity index (χ2n) is 4.75. The summed E-state index contributed by atoms with van der Waals surface area (Å²) in [6.45, 7) is 1.28. The van der Waals surface area contributed by atoms with Crippen molar-refractivity contribution in [2.45, 2.75) is 6.10 Å². The van der Waals surface area contributed by atoms with Crippen molar-refractivity contribution < 1.29 is 14.3 Å². The maximum Gasteiger partial charge on any atom is 0.194 e. The minimum atomic E-state index is -0.0451. The average molecular weight is 412 g/mol. The standard InChI is InChI=1S/C16H12Br2O3/c17-11-4-5-15(18)14(7-11)16(19)10-2-1-3-12(6-10)20-8-13-9-21-13/h1-7,13H,8-9H2. The Morgan fingerprint density at radius 3 is 2.81 bits per heavy atom. The summed E-state index contributed by atoms with van der Waals surface area (Å²) in [6.07, 6.45) is 0.198. The van der Waals surface area contributed by atoms with Crippen LogP contribution in [-0.2, 0) is 4.74 Å². The van der Waals surface area contributed by atoms with Crippen molar-refractivity contribution in [2.75, 3.05) is 13.2 Å². The van der Waals surface area contributed by atoms with Crippen LogP contribution in [0.3, 0.4) is 0 Å². The summed E-state index contributed by atoms with van der Waals surface area (Å²) in [7, 11) is 0. The summed E-state index contributed by atoms with van der Waals surface area (Å²) in [5.41, 5.74) is 1.22. The van der Waals surface area contributed by atoms with Crippen LogP contribution >= 0.6 is 31.9 Å². The van der Waals surface area contributed by atoms with Gasteiger partial charge in [-0.05, 0) is 30.3 Å². The van der Waals surface area contributed by atoms with Gasteiger partial charge in [0.15, 0.2) is 5.78 Å². The Kier molecular flexibility index (Phi) is 4.42. The molecule has 0 aromatic heterocycles. The molecular formula is C16H12Br2O3. The van der Waals surface area contributed by atoms with E-state index >= 15 is 0 Å². The lowest BCUT2D eigenvalue weighted by molar-refractivity contribution is 0.103. The predicted octanol–water partition coefficient (Wildman–Crippen LogP) is 4.22. The molecule has 2 aromatic carbocycles. The number of ether oxygens (including phenoxy) is 2. The zero-order valence-electron chi connectivity index (χ0n) is 11.0. The highest BCUT2D eigenvalue weighted by atomic mass is 79.9. The second kappa shape index (κ2) is 6.30. The molecule has 0 spiro atoms. The molecule has 0 aliphatic carbocycles. The highest BCUT2D eigenvalue weighted by molar-refractivity contribution is 9.11. The Morgan fingerprint density at radius 1 is 1.24 bits per heavy atom. The van der Waals surface area contributed by atoms with Crippen molar-refractivity contribution in [2.24, 2.45) is 0 Å². The van der Waals surface area contributed by atoms with Crippen LogP contribution in [0.2, 0.25) is 0 Å². The molecule has 1 unspecified atom stereocenters. The molecule has 1 atom stereocenters. The first kappa shape index (κ1) is 14.8. The maximum atomic E-state index is 12.6. The monoisotopic (exact) mass is 410 g/mol. The Labute approximate surface area is 139 Å². The van der Waals surface area contributed by atoms with Crippen LogP contribution in [-0.4, -0.2) is 25.1 Å². The normalized spacial score (nSPS) is 16.6. The second-order valence-corrected chi connectivity index (χ2v) is 6.52. The Balaban J connectivity index is 1.83. The Morgan fingerprint density at radius 2 is 2.05 bits per heavy atom. The van der Waals surface area contributed by atoms with Crippen molar-refractivity contribution in [1.82, 2.24) is 0 Å². The Hall–Kier alpha value is -1.17. The van der Waals surface area contributed by atoms with Gasteiger partial charge < -0.3 is 9.47 Å². The number of benzene rings is 2. The number of carbonyl (C=O) groups excluding carboxylic acids is 1. The lowest BCUT2D eigenvalue weighted by atomic mass is 10.0. The van der Waals surface area contributed by atoms with Gasteiger partial charge >= 0.3 is 0 Å². The molecule has 0 N–H and O–H groups in total. The number of hydrogen-bond acceptors (Lipinski definition) is 3. The fraction of sp³-hybridized carbons (Fsp3) is 0.188.